The van der Waals surface area contributed by atoms with Crippen molar-refractivity contribution < 1.29 is 0 Å². The first-order valence-corrected chi connectivity index (χ1v) is 10.5. The smallest absolute Gasteiger partial charge is 0.0736 e. The first kappa shape index (κ1) is 14.5. The summed E-state index contributed by atoms with van der Waals surface area (Å²) in [7, 11) is 0. The highest BCUT2D eigenvalue weighted by atomic mass is 33.4. The van der Waals surface area contributed by atoms with Crippen LogP contribution >= 0.6 is 39.7 Å². The molecule has 0 bridgehead atoms. The average molecular weight is 256 g/mol. The Balaban J connectivity index is 3.87. The Morgan fingerprint density at radius 1 is 0.615 bits per heavy atom. The van der Waals surface area contributed by atoms with Crippen molar-refractivity contribution >= 4 is 39.7 Å². The van der Waals surface area contributed by atoms with Gasteiger partial charge in [-0.3, -0.25) is 0 Å². The molecule has 4 heteroatoms. The largest absolute Gasteiger partial charge is 0.109 e. The summed E-state index contributed by atoms with van der Waals surface area (Å²) < 4.78 is 0. The van der Waals surface area contributed by atoms with Gasteiger partial charge in [0.25, 0.3) is 0 Å². The van der Waals surface area contributed by atoms with Gasteiger partial charge < -0.3 is 0 Å². The second kappa shape index (κ2) is 7.73. The molecule has 0 rings (SSSR count). The average Bonchev–Trinajstić information content (AvgIpc) is 1.80. The van der Waals surface area contributed by atoms with E-state index in [1.54, 1.807) is 0 Å². The zero-order valence-electron chi connectivity index (χ0n) is 9.40. The molecule has 0 atom stereocenters. The Kier molecular flexibility index (Phi) is 8.61. The van der Waals surface area contributed by atoms with Crippen LogP contribution in [0.15, 0.2) is 0 Å². The van der Waals surface area contributed by atoms with Crippen LogP contribution in [0.2, 0.25) is 0 Å². The molecule has 0 N–H and O–H groups in total. The van der Waals surface area contributed by atoms with Crippen LogP contribution in [0.3, 0.4) is 0 Å². The molecule has 0 nitrogen and oxygen atoms in total. The van der Waals surface area contributed by atoms with E-state index in [1.807, 2.05) is 0 Å². The molecule has 0 aromatic heterocycles. The summed E-state index contributed by atoms with van der Waals surface area (Å²) in [4.78, 5) is 0. The molecule has 0 aliphatic heterocycles. The minimum atomic E-state index is 0.0710. The van der Waals surface area contributed by atoms with Gasteiger partial charge in [0.15, 0.2) is 0 Å². The van der Waals surface area contributed by atoms with Gasteiger partial charge in [-0.1, -0.05) is 41.5 Å². The normalized spacial score (nSPS) is 12.5. The lowest BCUT2D eigenvalue weighted by Crippen LogP contribution is -1.88. The molecule has 0 aromatic rings. The highest BCUT2D eigenvalue weighted by Gasteiger charge is 2.15. The van der Waals surface area contributed by atoms with E-state index in [9.17, 15) is 0 Å². The van der Waals surface area contributed by atoms with E-state index in [0.717, 1.165) is 15.7 Å². The SMILES string of the molecule is CC(C)SP(SC(C)C)SC(C)C. The van der Waals surface area contributed by atoms with Crippen LogP contribution in [0.25, 0.3) is 0 Å². The summed E-state index contributed by atoms with van der Waals surface area (Å²) in [5, 5.41) is 2.30. The van der Waals surface area contributed by atoms with Gasteiger partial charge in [-0.05, 0) is 0 Å². The molecular weight excluding hydrogens is 235 g/mol. The van der Waals surface area contributed by atoms with Crippen molar-refractivity contribution in [1.82, 2.24) is 0 Å². The molecule has 0 amide bonds. The summed E-state index contributed by atoms with van der Waals surface area (Å²) in [5.74, 6) is 0. The summed E-state index contributed by atoms with van der Waals surface area (Å²) in [5.41, 5.74) is 0.0710. The van der Waals surface area contributed by atoms with Crippen molar-refractivity contribution in [1.29, 1.82) is 0 Å². The van der Waals surface area contributed by atoms with Crippen LogP contribution in [0.5, 0.6) is 0 Å². The van der Waals surface area contributed by atoms with Gasteiger partial charge in [-0.2, -0.15) is 0 Å². The monoisotopic (exact) mass is 256 g/mol. The number of rotatable bonds is 6. The van der Waals surface area contributed by atoms with Crippen molar-refractivity contribution in [3.8, 4) is 0 Å². The maximum atomic E-state index is 2.29. The number of hydrogen-bond acceptors (Lipinski definition) is 3. The standard InChI is InChI=1S/C9H21PS3/c1-7(2)11-10(12-8(3)4)13-9(5)6/h7-9H,1-6H3. The van der Waals surface area contributed by atoms with Crippen LogP contribution in [0.1, 0.15) is 41.5 Å². The Labute approximate surface area is 96.8 Å². The Bertz CT molecular complexity index is 102. The maximum Gasteiger partial charge on any atom is 0.0736 e. The van der Waals surface area contributed by atoms with E-state index in [1.165, 1.54) is 0 Å². The zero-order valence-corrected chi connectivity index (χ0v) is 12.7. The predicted molar refractivity (Wildman–Crippen MR) is 75.1 cm³/mol. The van der Waals surface area contributed by atoms with E-state index in [0.29, 0.717) is 0 Å². The van der Waals surface area contributed by atoms with Crippen LogP contribution in [0.4, 0.5) is 0 Å². The molecular formula is C9H21PS3. The topological polar surface area (TPSA) is 0 Å². The van der Waals surface area contributed by atoms with Gasteiger partial charge >= 0.3 is 0 Å². The van der Waals surface area contributed by atoms with E-state index in [2.05, 4.69) is 75.7 Å². The fourth-order valence-corrected chi connectivity index (χ4v) is 16.0. The third-order valence-electron chi connectivity index (χ3n) is 0.891. The highest BCUT2D eigenvalue weighted by molar-refractivity contribution is 9.12. The highest BCUT2D eigenvalue weighted by Crippen LogP contribution is 2.73. The fraction of sp³-hybridized carbons (Fsp3) is 1.00. The first-order chi connectivity index (χ1) is 5.91. The van der Waals surface area contributed by atoms with Crippen molar-refractivity contribution in [3.63, 3.8) is 0 Å². The van der Waals surface area contributed by atoms with E-state index < -0.39 is 0 Å². The zero-order chi connectivity index (χ0) is 10.4. The van der Waals surface area contributed by atoms with Gasteiger partial charge in [0.1, 0.15) is 0 Å². The molecule has 0 radical (unpaired) electrons. The fourth-order valence-electron chi connectivity index (χ4n) is 0.591. The van der Waals surface area contributed by atoms with Gasteiger partial charge in [-0.15, -0.1) is 34.1 Å². The lowest BCUT2D eigenvalue weighted by Gasteiger charge is -2.20. The molecule has 0 saturated heterocycles. The Morgan fingerprint density at radius 2 is 0.846 bits per heavy atom. The van der Waals surface area contributed by atoms with Crippen LogP contribution in [-0.4, -0.2) is 15.7 Å². The van der Waals surface area contributed by atoms with Gasteiger partial charge in [0, 0.05) is 15.7 Å². The van der Waals surface area contributed by atoms with Crippen LogP contribution in [-0.2, 0) is 0 Å². The second-order valence-corrected chi connectivity index (χ2v) is 14.9. The van der Waals surface area contributed by atoms with Gasteiger partial charge in [0.2, 0.25) is 0 Å². The van der Waals surface area contributed by atoms with E-state index in [4.69, 9.17) is 0 Å². The maximum absolute atomic E-state index is 2.29. The molecule has 13 heavy (non-hydrogen) atoms. The molecule has 0 heterocycles. The molecule has 0 aliphatic carbocycles. The Morgan fingerprint density at radius 3 is 1.00 bits per heavy atom. The van der Waals surface area contributed by atoms with Gasteiger partial charge in [-0.25, -0.2) is 0 Å². The summed E-state index contributed by atoms with van der Waals surface area (Å²) >= 11 is 6.44. The lowest BCUT2D eigenvalue weighted by molar-refractivity contribution is 1.12. The number of hydrogen-bond donors (Lipinski definition) is 0. The molecule has 80 valence electrons. The lowest BCUT2D eigenvalue weighted by atomic mass is 10.6. The third kappa shape index (κ3) is 9.78. The van der Waals surface area contributed by atoms with E-state index >= 15 is 0 Å². The molecule has 0 saturated carbocycles. The van der Waals surface area contributed by atoms with Crippen molar-refractivity contribution in [2.45, 2.75) is 57.3 Å². The van der Waals surface area contributed by atoms with Crippen molar-refractivity contribution in [2.75, 3.05) is 0 Å². The van der Waals surface area contributed by atoms with Crippen LogP contribution < -0.4 is 0 Å². The third-order valence-corrected chi connectivity index (χ3v) is 12.7. The van der Waals surface area contributed by atoms with Crippen molar-refractivity contribution in [2.24, 2.45) is 0 Å². The minimum absolute atomic E-state index is 0.0710. The first-order valence-electron chi connectivity index (χ1n) is 4.72. The summed E-state index contributed by atoms with van der Waals surface area (Å²) in [6.07, 6.45) is 0. The quantitative estimate of drug-likeness (QED) is 0.565. The van der Waals surface area contributed by atoms with E-state index in [-0.39, 0.29) is 5.53 Å². The predicted octanol–water partition coefficient (Wildman–Crippen LogP) is 5.64. The molecule has 0 aliphatic rings. The molecule has 0 unspecified atom stereocenters. The molecule has 0 fully saturated rings. The molecule has 0 aromatic carbocycles. The second-order valence-electron chi connectivity index (χ2n) is 3.69. The minimum Gasteiger partial charge on any atom is -0.109 e. The summed E-state index contributed by atoms with van der Waals surface area (Å²) in [6.45, 7) is 13.8. The summed E-state index contributed by atoms with van der Waals surface area (Å²) in [6, 6.07) is 0. The molecule has 0 spiro atoms. The Hall–Kier alpha value is 1.48. The van der Waals surface area contributed by atoms with Gasteiger partial charge in [0.05, 0.1) is 5.53 Å². The van der Waals surface area contributed by atoms with Crippen molar-refractivity contribution in [3.05, 3.63) is 0 Å². The van der Waals surface area contributed by atoms with Crippen LogP contribution in [0, 0.1) is 0 Å².